The third-order valence-electron chi connectivity index (χ3n) is 6.98. The molecule has 0 spiro atoms. The van der Waals surface area contributed by atoms with E-state index in [1.807, 2.05) is 54.6 Å². The van der Waals surface area contributed by atoms with Crippen molar-refractivity contribution < 1.29 is 23.7 Å². The lowest BCUT2D eigenvalue weighted by Crippen LogP contribution is -2.27. The number of anilines is 2. The minimum atomic E-state index is -0.374. The van der Waals surface area contributed by atoms with Gasteiger partial charge in [0.1, 0.15) is 0 Å². The van der Waals surface area contributed by atoms with E-state index in [0.29, 0.717) is 35.8 Å². The van der Waals surface area contributed by atoms with E-state index in [1.165, 1.54) is 0 Å². The van der Waals surface area contributed by atoms with Crippen LogP contribution in [-0.4, -0.2) is 34.2 Å². The number of ether oxygens (including phenoxy) is 4. The Bertz CT molecular complexity index is 1390. The summed E-state index contributed by atoms with van der Waals surface area (Å²) >= 11 is 3.61. The fourth-order valence-electron chi connectivity index (χ4n) is 5.19. The topological polar surface area (TPSA) is 78.1 Å². The van der Waals surface area contributed by atoms with Gasteiger partial charge in [-0.05, 0) is 75.8 Å². The maximum absolute atomic E-state index is 13.9. The van der Waals surface area contributed by atoms with Gasteiger partial charge in [0, 0.05) is 17.7 Å². The Hall–Kier alpha value is -3.65. The van der Waals surface area contributed by atoms with Gasteiger partial charge in [0.25, 0.3) is 0 Å². The molecule has 0 radical (unpaired) electrons. The quantitative estimate of drug-likeness (QED) is 0.355. The maximum atomic E-state index is 13.9. The van der Waals surface area contributed by atoms with Crippen LogP contribution >= 0.6 is 15.9 Å². The Morgan fingerprint density at radius 3 is 2.19 bits per heavy atom. The third-order valence-corrected chi connectivity index (χ3v) is 7.57. The second-order valence-corrected chi connectivity index (χ2v) is 9.88. The highest BCUT2D eigenvalue weighted by Gasteiger charge is 2.37. The first-order valence-electron chi connectivity index (χ1n) is 12.0. The molecule has 37 heavy (non-hydrogen) atoms. The maximum Gasteiger partial charge on any atom is 0.174 e. The fourth-order valence-corrected chi connectivity index (χ4v) is 5.81. The van der Waals surface area contributed by atoms with Crippen molar-refractivity contribution in [3.63, 3.8) is 0 Å². The van der Waals surface area contributed by atoms with Crippen molar-refractivity contribution in [1.82, 2.24) is 0 Å². The molecule has 0 fully saturated rings. The smallest absolute Gasteiger partial charge is 0.174 e. The van der Waals surface area contributed by atoms with Crippen molar-refractivity contribution in [3.05, 3.63) is 81.5 Å². The first-order chi connectivity index (χ1) is 18.0. The zero-order chi connectivity index (χ0) is 26.1. The van der Waals surface area contributed by atoms with E-state index in [4.69, 9.17) is 18.9 Å². The number of hydrogen-bond acceptors (Lipinski definition) is 7. The largest absolute Gasteiger partial charge is 0.493 e. The highest BCUT2D eigenvalue weighted by atomic mass is 79.9. The molecule has 0 unspecified atom stereocenters. The molecule has 1 aliphatic heterocycles. The van der Waals surface area contributed by atoms with E-state index in [-0.39, 0.29) is 17.7 Å². The molecule has 2 aliphatic rings. The summed E-state index contributed by atoms with van der Waals surface area (Å²) in [4.78, 5) is 13.9. The number of benzene rings is 3. The molecule has 0 amide bonds. The SMILES string of the molecule is COc1ccc([C@H]2CC(=O)C3=C(C2)Nc2ccccc2N[C@H]3c2cc(Br)c(OC)c(OC)c2)cc1OC. The molecule has 1 heterocycles. The van der Waals surface area contributed by atoms with Crippen LogP contribution in [-0.2, 0) is 4.79 Å². The van der Waals surface area contributed by atoms with Crippen molar-refractivity contribution in [1.29, 1.82) is 0 Å². The monoisotopic (exact) mass is 564 g/mol. The molecule has 5 rings (SSSR count). The molecular weight excluding hydrogens is 536 g/mol. The number of halogens is 1. The average Bonchev–Trinajstić information content (AvgIpc) is 3.09. The molecule has 0 bridgehead atoms. The van der Waals surface area contributed by atoms with E-state index < -0.39 is 0 Å². The van der Waals surface area contributed by atoms with Crippen molar-refractivity contribution in [2.24, 2.45) is 0 Å². The number of ketones is 1. The Labute approximate surface area is 224 Å². The van der Waals surface area contributed by atoms with Crippen molar-refractivity contribution in [3.8, 4) is 23.0 Å². The van der Waals surface area contributed by atoms with Gasteiger partial charge in [-0.25, -0.2) is 0 Å². The van der Waals surface area contributed by atoms with Crippen LogP contribution in [0.2, 0.25) is 0 Å². The second kappa shape index (κ2) is 10.4. The Kier molecular flexibility index (Phi) is 7.02. The summed E-state index contributed by atoms with van der Waals surface area (Å²) in [5.74, 6) is 2.61. The number of allylic oxidation sites excluding steroid dienone is 1. The highest BCUT2D eigenvalue weighted by molar-refractivity contribution is 9.10. The first-order valence-corrected chi connectivity index (χ1v) is 12.8. The first kappa shape index (κ1) is 25.0. The van der Waals surface area contributed by atoms with E-state index in [2.05, 4.69) is 26.6 Å². The second-order valence-electron chi connectivity index (χ2n) is 9.02. The summed E-state index contributed by atoms with van der Waals surface area (Å²) < 4.78 is 22.8. The van der Waals surface area contributed by atoms with Crippen LogP contribution in [0.15, 0.2) is 70.3 Å². The van der Waals surface area contributed by atoms with Crippen LogP contribution in [0.25, 0.3) is 0 Å². The van der Waals surface area contributed by atoms with Gasteiger partial charge >= 0.3 is 0 Å². The van der Waals surface area contributed by atoms with Gasteiger partial charge < -0.3 is 29.6 Å². The predicted octanol–water partition coefficient (Wildman–Crippen LogP) is 6.46. The molecule has 0 saturated carbocycles. The predicted molar refractivity (Wildman–Crippen MR) is 147 cm³/mol. The lowest BCUT2D eigenvalue weighted by Gasteiger charge is -2.30. The summed E-state index contributed by atoms with van der Waals surface area (Å²) in [7, 11) is 6.45. The Morgan fingerprint density at radius 1 is 0.784 bits per heavy atom. The molecule has 3 aromatic rings. The molecule has 0 saturated heterocycles. The molecule has 8 heteroatoms. The lowest BCUT2D eigenvalue weighted by atomic mass is 9.78. The molecule has 3 aromatic carbocycles. The van der Waals surface area contributed by atoms with Gasteiger partial charge in [-0.3, -0.25) is 4.79 Å². The molecule has 1 aliphatic carbocycles. The van der Waals surface area contributed by atoms with Crippen LogP contribution in [0.3, 0.4) is 0 Å². The van der Waals surface area contributed by atoms with Gasteiger partial charge in [0.05, 0.1) is 50.3 Å². The zero-order valence-electron chi connectivity index (χ0n) is 21.2. The van der Waals surface area contributed by atoms with E-state index in [1.54, 1.807) is 28.4 Å². The van der Waals surface area contributed by atoms with Gasteiger partial charge in [-0.1, -0.05) is 18.2 Å². The Balaban J connectivity index is 1.61. The van der Waals surface area contributed by atoms with Gasteiger partial charge in [0.2, 0.25) is 0 Å². The van der Waals surface area contributed by atoms with Crippen molar-refractivity contribution >= 4 is 33.1 Å². The number of hydrogen-bond donors (Lipinski definition) is 2. The van der Waals surface area contributed by atoms with E-state index in [0.717, 1.165) is 38.2 Å². The van der Waals surface area contributed by atoms with Crippen LogP contribution < -0.4 is 29.6 Å². The highest BCUT2D eigenvalue weighted by Crippen LogP contribution is 2.47. The van der Waals surface area contributed by atoms with Gasteiger partial charge in [-0.15, -0.1) is 0 Å². The summed E-state index contributed by atoms with van der Waals surface area (Å²) in [6.07, 6.45) is 1.07. The van der Waals surface area contributed by atoms with Crippen molar-refractivity contribution in [2.75, 3.05) is 39.1 Å². The van der Waals surface area contributed by atoms with Crippen LogP contribution in [0.5, 0.6) is 23.0 Å². The minimum Gasteiger partial charge on any atom is -0.493 e. The molecule has 2 atom stereocenters. The normalized spacial score (nSPS) is 18.6. The molecule has 2 N–H and O–H groups in total. The van der Waals surface area contributed by atoms with Gasteiger partial charge in [0.15, 0.2) is 28.8 Å². The minimum absolute atomic E-state index is 0.00149. The summed E-state index contributed by atoms with van der Waals surface area (Å²) in [5.41, 5.74) is 5.42. The standard InChI is InChI=1S/C29H29BrN2O5/c1-34-24-10-9-16(14-25(24)35-2)17-12-22-27(23(33)13-17)28(32-21-8-6-5-7-20(21)31-22)18-11-19(30)29(37-4)26(15-18)36-3/h5-11,14-15,17,28,31-32H,12-13H2,1-4H3/t17-,28+/m1/s1. The number of carbonyl (C=O) groups is 1. The number of Topliss-reactive ketones (excluding diaryl/α,β-unsaturated/α-hetero) is 1. The number of nitrogens with one attached hydrogen (secondary N) is 2. The van der Waals surface area contributed by atoms with Gasteiger partial charge in [-0.2, -0.15) is 0 Å². The third kappa shape index (κ3) is 4.62. The van der Waals surface area contributed by atoms with Crippen LogP contribution in [0.1, 0.15) is 35.9 Å². The molecule has 0 aromatic heterocycles. The summed E-state index contributed by atoms with van der Waals surface area (Å²) in [5, 5.41) is 7.20. The number of carbonyl (C=O) groups excluding carboxylic acids is 1. The van der Waals surface area contributed by atoms with Crippen LogP contribution in [0.4, 0.5) is 11.4 Å². The average molecular weight is 565 g/mol. The Morgan fingerprint density at radius 2 is 1.49 bits per heavy atom. The number of para-hydroxylation sites is 2. The van der Waals surface area contributed by atoms with Crippen molar-refractivity contribution in [2.45, 2.75) is 24.8 Å². The number of rotatable bonds is 6. The molecular formula is C29H29BrN2O5. The number of fused-ring (bicyclic) bond motifs is 1. The summed E-state index contributed by atoms with van der Waals surface area (Å²) in [6.45, 7) is 0. The lowest BCUT2D eigenvalue weighted by molar-refractivity contribution is -0.116. The van der Waals surface area contributed by atoms with E-state index >= 15 is 0 Å². The van der Waals surface area contributed by atoms with E-state index in [9.17, 15) is 4.79 Å². The fraction of sp³-hybridized carbons (Fsp3) is 0.276. The summed E-state index contributed by atoms with van der Waals surface area (Å²) in [6, 6.07) is 17.4. The molecule has 7 nitrogen and oxygen atoms in total. The van der Waals surface area contributed by atoms with Crippen LogP contribution in [0, 0.1) is 0 Å². The number of methoxy groups -OCH3 is 4. The molecule has 192 valence electrons. The zero-order valence-corrected chi connectivity index (χ0v) is 22.8.